The molecular formula is C12H23N5. The van der Waals surface area contributed by atoms with Crippen molar-refractivity contribution in [1.82, 2.24) is 25.0 Å². The second-order valence-corrected chi connectivity index (χ2v) is 5.13. The lowest BCUT2D eigenvalue weighted by atomic mass is 10.1. The molecule has 1 aromatic rings. The highest BCUT2D eigenvalue weighted by molar-refractivity contribution is 4.88. The molecule has 0 bridgehead atoms. The summed E-state index contributed by atoms with van der Waals surface area (Å²) >= 11 is 0. The maximum absolute atomic E-state index is 4.36. The second-order valence-electron chi connectivity index (χ2n) is 5.13. The Bertz CT molecular complexity index is 340. The van der Waals surface area contributed by atoms with Crippen molar-refractivity contribution in [2.75, 3.05) is 20.1 Å². The van der Waals surface area contributed by atoms with Gasteiger partial charge in [0.15, 0.2) is 0 Å². The molecule has 1 unspecified atom stereocenters. The number of likely N-dealkylation sites (N-methyl/N-ethyl adjacent to an activating group) is 1. The molecule has 17 heavy (non-hydrogen) atoms. The van der Waals surface area contributed by atoms with E-state index in [0.29, 0.717) is 12.1 Å². The third-order valence-electron chi connectivity index (χ3n) is 3.42. The van der Waals surface area contributed by atoms with E-state index in [0.717, 1.165) is 25.5 Å². The predicted molar refractivity (Wildman–Crippen MR) is 67.8 cm³/mol. The summed E-state index contributed by atoms with van der Waals surface area (Å²) in [6, 6.07) is 1.01. The number of rotatable bonds is 4. The molecule has 0 aliphatic carbocycles. The van der Waals surface area contributed by atoms with Crippen molar-refractivity contribution in [2.45, 2.75) is 45.3 Å². The summed E-state index contributed by atoms with van der Waals surface area (Å²) in [6.45, 7) is 7.41. The van der Waals surface area contributed by atoms with Crippen molar-refractivity contribution in [3.63, 3.8) is 0 Å². The van der Waals surface area contributed by atoms with Gasteiger partial charge in [0.1, 0.15) is 12.2 Å². The molecule has 0 aromatic carbocycles. The minimum absolute atomic E-state index is 0.380. The molecule has 1 saturated heterocycles. The van der Waals surface area contributed by atoms with Gasteiger partial charge < -0.3 is 5.32 Å². The lowest BCUT2D eigenvalue weighted by Crippen LogP contribution is -2.44. The molecule has 1 N–H and O–H groups in total. The van der Waals surface area contributed by atoms with Crippen LogP contribution in [0.1, 0.15) is 38.6 Å². The van der Waals surface area contributed by atoms with Gasteiger partial charge in [-0.2, -0.15) is 5.10 Å². The van der Waals surface area contributed by atoms with Crippen LogP contribution in [0.25, 0.3) is 0 Å². The minimum atomic E-state index is 0.380. The van der Waals surface area contributed by atoms with Gasteiger partial charge in [0, 0.05) is 18.6 Å². The summed E-state index contributed by atoms with van der Waals surface area (Å²) in [7, 11) is 2.18. The number of aromatic nitrogens is 3. The van der Waals surface area contributed by atoms with Gasteiger partial charge in [-0.3, -0.25) is 4.90 Å². The molecule has 0 saturated carbocycles. The molecule has 1 aromatic heterocycles. The molecule has 1 fully saturated rings. The van der Waals surface area contributed by atoms with Gasteiger partial charge in [-0.15, -0.1) is 0 Å². The van der Waals surface area contributed by atoms with Crippen molar-refractivity contribution in [3.8, 4) is 0 Å². The molecule has 5 nitrogen and oxygen atoms in total. The predicted octanol–water partition coefficient (Wildman–Crippen LogP) is 1.04. The van der Waals surface area contributed by atoms with Gasteiger partial charge in [-0.25, -0.2) is 9.67 Å². The number of nitrogens with one attached hydrogen (secondary N) is 1. The molecule has 1 aliphatic heterocycles. The smallest absolute Gasteiger partial charge is 0.141 e. The van der Waals surface area contributed by atoms with Gasteiger partial charge >= 0.3 is 0 Å². The zero-order valence-electron chi connectivity index (χ0n) is 11.1. The first kappa shape index (κ1) is 12.5. The van der Waals surface area contributed by atoms with Gasteiger partial charge in [-0.05, 0) is 40.3 Å². The Kier molecular flexibility index (Phi) is 4.12. The summed E-state index contributed by atoms with van der Waals surface area (Å²) in [5.41, 5.74) is 0. The van der Waals surface area contributed by atoms with Crippen LogP contribution in [0.15, 0.2) is 6.33 Å². The summed E-state index contributed by atoms with van der Waals surface area (Å²) < 4.78 is 2.01. The van der Waals surface area contributed by atoms with Crippen LogP contribution < -0.4 is 5.32 Å². The fourth-order valence-corrected chi connectivity index (χ4v) is 2.38. The molecule has 1 aliphatic rings. The first-order chi connectivity index (χ1) is 8.18. The first-order valence-electron chi connectivity index (χ1n) is 6.48. The van der Waals surface area contributed by atoms with Crippen LogP contribution in [0, 0.1) is 0 Å². The SMILES string of the molecule is CC(C)n1ncnc1CN(C)C1CCCNC1. The maximum atomic E-state index is 4.36. The molecule has 1 atom stereocenters. The van der Waals surface area contributed by atoms with Crippen molar-refractivity contribution in [1.29, 1.82) is 0 Å². The fraction of sp³-hybridized carbons (Fsp3) is 0.833. The standard InChI is InChI=1S/C12H23N5/c1-10(2)17-12(14-9-15-17)8-16(3)11-5-4-6-13-7-11/h9-11,13H,4-8H2,1-3H3. The molecule has 2 rings (SSSR count). The van der Waals surface area contributed by atoms with Crippen LogP contribution in [0.2, 0.25) is 0 Å². The number of hydrogen-bond donors (Lipinski definition) is 1. The van der Waals surface area contributed by atoms with E-state index in [1.165, 1.54) is 12.8 Å². The van der Waals surface area contributed by atoms with Gasteiger partial charge in [0.2, 0.25) is 0 Å². The Labute approximate surface area is 103 Å². The molecule has 5 heteroatoms. The Morgan fingerprint density at radius 1 is 1.59 bits per heavy atom. The van der Waals surface area contributed by atoms with Gasteiger partial charge in [0.25, 0.3) is 0 Å². The largest absolute Gasteiger partial charge is 0.315 e. The molecule has 0 radical (unpaired) electrons. The Morgan fingerprint density at radius 2 is 2.41 bits per heavy atom. The molecule has 2 heterocycles. The molecule has 0 spiro atoms. The lowest BCUT2D eigenvalue weighted by Gasteiger charge is -2.31. The van der Waals surface area contributed by atoms with Crippen molar-refractivity contribution < 1.29 is 0 Å². The zero-order valence-corrected chi connectivity index (χ0v) is 11.1. The number of hydrogen-bond acceptors (Lipinski definition) is 4. The Hall–Kier alpha value is -0.940. The monoisotopic (exact) mass is 237 g/mol. The Balaban J connectivity index is 1.97. The summed E-state index contributed by atoms with van der Waals surface area (Å²) in [4.78, 5) is 6.75. The second kappa shape index (κ2) is 5.60. The molecule has 96 valence electrons. The van der Waals surface area contributed by atoms with Gasteiger partial charge in [-0.1, -0.05) is 0 Å². The van der Waals surface area contributed by atoms with E-state index in [-0.39, 0.29) is 0 Å². The maximum Gasteiger partial charge on any atom is 0.141 e. The first-order valence-corrected chi connectivity index (χ1v) is 6.48. The highest BCUT2D eigenvalue weighted by Crippen LogP contribution is 2.13. The van der Waals surface area contributed by atoms with Crippen LogP contribution in [0.5, 0.6) is 0 Å². The van der Waals surface area contributed by atoms with E-state index in [1.54, 1.807) is 6.33 Å². The molecular weight excluding hydrogens is 214 g/mol. The molecule has 0 amide bonds. The van der Waals surface area contributed by atoms with E-state index in [2.05, 4.69) is 41.2 Å². The minimum Gasteiger partial charge on any atom is -0.315 e. The summed E-state index contributed by atoms with van der Waals surface area (Å²) in [6.07, 6.45) is 4.20. The Morgan fingerprint density at radius 3 is 3.06 bits per heavy atom. The normalized spacial score (nSPS) is 21.4. The number of nitrogens with zero attached hydrogens (tertiary/aromatic N) is 4. The van der Waals surface area contributed by atoms with E-state index in [4.69, 9.17) is 0 Å². The van der Waals surface area contributed by atoms with Crippen LogP contribution in [0.3, 0.4) is 0 Å². The third-order valence-corrected chi connectivity index (χ3v) is 3.42. The van der Waals surface area contributed by atoms with Crippen molar-refractivity contribution in [2.24, 2.45) is 0 Å². The van der Waals surface area contributed by atoms with Crippen molar-refractivity contribution >= 4 is 0 Å². The summed E-state index contributed by atoms with van der Waals surface area (Å²) in [5.74, 6) is 1.06. The lowest BCUT2D eigenvalue weighted by molar-refractivity contribution is 0.188. The van der Waals surface area contributed by atoms with Gasteiger partial charge in [0.05, 0.1) is 6.54 Å². The highest BCUT2D eigenvalue weighted by atomic mass is 15.4. The van der Waals surface area contributed by atoms with Crippen LogP contribution in [0.4, 0.5) is 0 Å². The van der Waals surface area contributed by atoms with E-state index in [9.17, 15) is 0 Å². The van der Waals surface area contributed by atoms with E-state index < -0.39 is 0 Å². The van der Waals surface area contributed by atoms with E-state index >= 15 is 0 Å². The average molecular weight is 237 g/mol. The van der Waals surface area contributed by atoms with Crippen LogP contribution >= 0.6 is 0 Å². The van der Waals surface area contributed by atoms with Crippen LogP contribution in [-0.2, 0) is 6.54 Å². The highest BCUT2D eigenvalue weighted by Gasteiger charge is 2.19. The fourth-order valence-electron chi connectivity index (χ4n) is 2.38. The average Bonchev–Trinajstić information content (AvgIpc) is 2.78. The van der Waals surface area contributed by atoms with Crippen molar-refractivity contribution in [3.05, 3.63) is 12.2 Å². The van der Waals surface area contributed by atoms with E-state index in [1.807, 2.05) is 4.68 Å². The quantitative estimate of drug-likeness (QED) is 0.850. The topological polar surface area (TPSA) is 46.0 Å². The third kappa shape index (κ3) is 3.04. The zero-order chi connectivity index (χ0) is 12.3. The summed E-state index contributed by atoms with van der Waals surface area (Å²) in [5, 5.41) is 7.73. The number of piperidine rings is 1. The van der Waals surface area contributed by atoms with Crippen LogP contribution in [-0.4, -0.2) is 45.8 Å².